The molecule has 1 aromatic heterocycles. The van der Waals surface area contributed by atoms with Crippen LogP contribution < -0.4 is 0 Å². The van der Waals surface area contributed by atoms with E-state index < -0.39 is 0 Å². The summed E-state index contributed by atoms with van der Waals surface area (Å²) in [6, 6.07) is 10.6. The van der Waals surface area contributed by atoms with Crippen LogP contribution in [-0.4, -0.2) is 27.9 Å². The molecule has 98 valence electrons. The van der Waals surface area contributed by atoms with Gasteiger partial charge in [0.15, 0.2) is 0 Å². The fourth-order valence-electron chi connectivity index (χ4n) is 1.69. The summed E-state index contributed by atoms with van der Waals surface area (Å²) in [5.74, 6) is 0.159. The maximum absolute atomic E-state index is 11.9. The third-order valence-electron chi connectivity index (χ3n) is 2.76. The molecule has 0 aliphatic carbocycles. The lowest BCUT2D eigenvalue weighted by Crippen LogP contribution is -2.24. The summed E-state index contributed by atoms with van der Waals surface area (Å²) in [6.45, 7) is 0.508. The van der Waals surface area contributed by atoms with Gasteiger partial charge in [-0.2, -0.15) is 0 Å². The average molecular weight is 256 g/mol. The number of phenolic OH excluding ortho intramolecular Hbond substituents is 1. The molecule has 4 heteroatoms. The van der Waals surface area contributed by atoms with E-state index in [1.54, 1.807) is 42.3 Å². The van der Waals surface area contributed by atoms with Crippen LogP contribution in [0.5, 0.6) is 5.75 Å². The molecule has 0 radical (unpaired) electrons. The summed E-state index contributed by atoms with van der Waals surface area (Å²) < 4.78 is 0. The minimum absolute atomic E-state index is 0.0670. The number of carbonyl (C=O) groups is 1. The third-order valence-corrected chi connectivity index (χ3v) is 2.76. The van der Waals surface area contributed by atoms with E-state index in [0.717, 1.165) is 11.3 Å². The van der Waals surface area contributed by atoms with Crippen molar-refractivity contribution in [1.29, 1.82) is 0 Å². The van der Waals surface area contributed by atoms with Crippen LogP contribution in [-0.2, 0) is 11.3 Å². The standard InChI is InChI=1S/C15H16N2O2/c1-17(11-12-4-7-14(18)8-5-12)15(19)9-6-13-3-2-10-16-13/h2-10,16,18H,11H2,1H3/b9-6+. The number of hydrogen-bond acceptors (Lipinski definition) is 2. The fourth-order valence-corrected chi connectivity index (χ4v) is 1.69. The smallest absolute Gasteiger partial charge is 0.246 e. The highest BCUT2D eigenvalue weighted by molar-refractivity contribution is 5.91. The number of benzene rings is 1. The van der Waals surface area contributed by atoms with E-state index in [4.69, 9.17) is 0 Å². The number of aromatic amines is 1. The molecule has 4 nitrogen and oxygen atoms in total. The Balaban J connectivity index is 1.94. The van der Waals surface area contributed by atoms with Crippen LogP contribution in [0.25, 0.3) is 6.08 Å². The van der Waals surface area contributed by atoms with Crippen molar-refractivity contribution in [3.8, 4) is 5.75 Å². The predicted octanol–water partition coefficient (Wildman–Crippen LogP) is 2.39. The lowest BCUT2D eigenvalue weighted by atomic mass is 10.2. The summed E-state index contributed by atoms with van der Waals surface area (Å²) in [5.41, 5.74) is 1.87. The van der Waals surface area contributed by atoms with Crippen LogP contribution in [0.15, 0.2) is 48.7 Å². The van der Waals surface area contributed by atoms with E-state index in [1.165, 1.54) is 6.08 Å². The minimum Gasteiger partial charge on any atom is -0.508 e. The Labute approximate surface area is 112 Å². The summed E-state index contributed by atoms with van der Waals surface area (Å²) in [6.07, 6.45) is 5.09. The summed E-state index contributed by atoms with van der Waals surface area (Å²) in [4.78, 5) is 16.5. The van der Waals surface area contributed by atoms with Crippen LogP contribution in [0.2, 0.25) is 0 Å². The van der Waals surface area contributed by atoms with E-state index in [2.05, 4.69) is 4.98 Å². The zero-order chi connectivity index (χ0) is 13.7. The number of carbonyl (C=O) groups excluding carboxylic acids is 1. The molecule has 2 N–H and O–H groups in total. The number of aromatic nitrogens is 1. The molecule has 1 aromatic carbocycles. The number of aromatic hydroxyl groups is 1. The molecular formula is C15H16N2O2. The first-order valence-corrected chi connectivity index (χ1v) is 5.99. The Morgan fingerprint density at radius 1 is 1.32 bits per heavy atom. The molecule has 1 heterocycles. The molecule has 1 amide bonds. The lowest BCUT2D eigenvalue weighted by molar-refractivity contribution is -0.125. The van der Waals surface area contributed by atoms with Gasteiger partial charge in [-0.15, -0.1) is 0 Å². The first-order chi connectivity index (χ1) is 9.15. The first-order valence-electron chi connectivity index (χ1n) is 5.99. The summed E-state index contributed by atoms with van der Waals surface area (Å²) in [7, 11) is 1.74. The molecule has 0 atom stereocenters. The Bertz CT molecular complexity index is 556. The van der Waals surface area contributed by atoms with Gasteiger partial charge in [-0.1, -0.05) is 12.1 Å². The maximum atomic E-state index is 11.9. The normalized spacial score (nSPS) is 10.8. The maximum Gasteiger partial charge on any atom is 0.246 e. The second-order valence-electron chi connectivity index (χ2n) is 4.32. The van der Waals surface area contributed by atoms with Gasteiger partial charge in [-0.25, -0.2) is 0 Å². The number of hydrogen-bond donors (Lipinski definition) is 2. The zero-order valence-electron chi connectivity index (χ0n) is 10.7. The van der Waals surface area contributed by atoms with Gasteiger partial charge in [-0.3, -0.25) is 4.79 Å². The van der Waals surface area contributed by atoms with Crippen LogP contribution in [0, 0.1) is 0 Å². The number of amides is 1. The number of nitrogens with zero attached hydrogens (tertiary/aromatic N) is 1. The Kier molecular flexibility index (Phi) is 4.03. The van der Waals surface area contributed by atoms with Crippen LogP contribution in [0.1, 0.15) is 11.3 Å². The predicted molar refractivity (Wildman–Crippen MR) is 74.4 cm³/mol. The van der Waals surface area contributed by atoms with Crippen molar-refractivity contribution in [2.24, 2.45) is 0 Å². The van der Waals surface area contributed by atoms with Crippen molar-refractivity contribution in [2.45, 2.75) is 6.54 Å². The lowest BCUT2D eigenvalue weighted by Gasteiger charge is -2.15. The molecular weight excluding hydrogens is 240 g/mol. The van der Waals surface area contributed by atoms with Gasteiger partial charge < -0.3 is 15.0 Å². The van der Waals surface area contributed by atoms with E-state index >= 15 is 0 Å². The molecule has 0 aliphatic rings. The van der Waals surface area contributed by atoms with Crippen molar-refractivity contribution in [2.75, 3.05) is 7.05 Å². The molecule has 0 saturated heterocycles. The van der Waals surface area contributed by atoms with Gasteiger partial charge in [0.05, 0.1) is 0 Å². The van der Waals surface area contributed by atoms with E-state index in [-0.39, 0.29) is 11.7 Å². The topological polar surface area (TPSA) is 56.3 Å². The average Bonchev–Trinajstić information content (AvgIpc) is 2.91. The van der Waals surface area contributed by atoms with Crippen molar-refractivity contribution < 1.29 is 9.90 Å². The van der Waals surface area contributed by atoms with Gasteiger partial charge in [0.25, 0.3) is 0 Å². The van der Waals surface area contributed by atoms with Gasteiger partial charge in [0.2, 0.25) is 5.91 Å². The first kappa shape index (κ1) is 13.0. The Morgan fingerprint density at radius 2 is 2.05 bits per heavy atom. The van der Waals surface area contributed by atoms with Crippen LogP contribution in [0.3, 0.4) is 0 Å². The number of H-pyrrole nitrogens is 1. The highest BCUT2D eigenvalue weighted by Crippen LogP contribution is 2.11. The molecule has 0 saturated carbocycles. The molecule has 0 aliphatic heterocycles. The number of rotatable bonds is 4. The van der Waals surface area contributed by atoms with Crippen molar-refractivity contribution in [1.82, 2.24) is 9.88 Å². The fraction of sp³-hybridized carbons (Fsp3) is 0.133. The van der Waals surface area contributed by atoms with Crippen molar-refractivity contribution >= 4 is 12.0 Å². The van der Waals surface area contributed by atoms with Gasteiger partial charge in [-0.05, 0) is 35.9 Å². The third kappa shape index (κ3) is 3.74. The van der Waals surface area contributed by atoms with Crippen LogP contribution in [0.4, 0.5) is 0 Å². The molecule has 19 heavy (non-hydrogen) atoms. The molecule has 0 bridgehead atoms. The Morgan fingerprint density at radius 3 is 2.68 bits per heavy atom. The van der Waals surface area contributed by atoms with E-state index in [0.29, 0.717) is 6.54 Å². The van der Waals surface area contributed by atoms with Gasteiger partial charge in [0.1, 0.15) is 5.75 Å². The van der Waals surface area contributed by atoms with Crippen LogP contribution >= 0.6 is 0 Å². The summed E-state index contributed by atoms with van der Waals surface area (Å²) in [5, 5.41) is 9.19. The van der Waals surface area contributed by atoms with Gasteiger partial charge in [0, 0.05) is 31.6 Å². The summed E-state index contributed by atoms with van der Waals surface area (Å²) >= 11 is 0. The van der Waals surface area contributed by atoms with E-state index in [1.807, 2.05) is 18.3 Å². The molecule has 0 fully saturated rings. The second kappa shape index (κ2) is 5.91. The highest BCUT2D eigenvalue weighted by Gasteiger charge is 2.05. The number of nitrogens with one attached hydrogen (secondary N) is 1. The van der Waals surface area contributed by atoms with Crippen molar-refractivity contribution in [3.63, 3.8) is 0 Å². The molecule has 2 rings (SSSR count). The minimum atomic E-state index is -0.0670. The van der Waals surface area contributed by atoms with Gasteiger partial charge >= 0.3 is 0 Å². The largest absolute Gasteiger partial charge is 0.508 e. The quantitative estimate of drug-likeness (QED) is 0.825. The molecule has 0 unspecified atom stereocenters. The Hall–Kier alpha value is -2.49. The van der Waals surface area contributed by atoms with E-state index in [9.17, 15) is 9.90 Å². The highest BCUT2D eigenvalue weighted by atomic mass is 16.3. The SMILES string of the molecule is CN(Cc1ccc(O)cc1)C(=O)/C=C/c1ccc[nH]1. The molecule has 0 spiro atoms. The number of phenols is 1. The zero-order valence-corrected chi connectivity index (χ0v) is 10.7. The second-order valence-corrected chi connectivity index (χ2v) is 4.32. The number of likely N-dealkylation sites (N-methyl/N-ethyl adjacent to an activating group) is 1. The van der Waals surface area contributed by atoms with Crippen molar-refractivity contribution in [3.05, 3.63) is 59.9 Å². The molecule has 2 aromatic rings. The monoisotopic (exact) mass is 256 g/mol.